The van der Waals surface area contributed by atoms with Gasteiger partial charge in [-0.1, -0.05) is 65.4 Å². The molecule has 0 unspecified atom stereocenters. The summed E-state index contributed by atoms with van der Waals surface area (Å²) in [6.45, 7) is 13.1. The molecule has 25 heavy (non-hydrogen) atoms. The first kappa shape index (κ1) is 24.8. The molecule has 3 aliphatic heterocycles. The van der Waals surface area contributed by atoms with E-state index in [0.717, 1.165) is 45.0 Å². The Bertz CT molecular complexity index is 317. The van der Waals surface area contributed by atoms with Crippen molar-refractivity contribution in [3.05, 3.63) is 33.9 Å². The van der Waals surface area contributed by atoms with Gasteiger partial charge in [0.2, 0.25) is 0 Å². The summed E-state index contributed by atoms with van der Waals surface area (Å²) >= 11 is 0. The van der Waals surface area contributed by atoms with E-state index in [2.05, 4.69) is 46.9 Å². The maximum atomic E-state index is 4.08. The monoisotopic (exact) mass is 381 g/mol. The Balaban J connectivity index is 0.000000315. The Labute approximate surface area is 169 Å². The summed E-state index contributed by atoms with van der Waals surface area (Å²) < 4.78 is 0. The number of hydrogen-bond donors (Lipinski definition) is 0. The average Bonchev–Trinajstić information content (AvgIpc) is 3.45. The number of aromatic nitrogens is 2. The molecule has 3 fully saturated rings. The smallest absolute Gasteiger partial charge is 0.662 e. The summed E-state index contributed by atoms with van der Waals surface area (Å²) in [5.74, 6) is 0. The Kier molecular flexibility index (Phi) is 15.9. The van der Waals surface area contributed by atoms with Crippen LogP contribution in [0.3, 0.4) is 0 Å². The minimum Gasteiger partial charge on any atom is -0.662 e. The molecular weight excluding hydrogens is 346 g/mol. The minimum atomic E-state index is 0. The SMILES string of the molecule is C1CC[N-]C1.C1CC[N-]C1.C1CC[N-]C1.CC(C)(C)c1cc[n-]n1.[Ti+4]. The van der Waals surface area contributed by atoms with E-state index in [1.54, 1.807) is 6.20 Å². The first-order valence-corrected chi connectivity index (χ1v) is 9.45. The van der Waals surface area contributed by atoms with Gasteiger partial charge in [0, 0.05) is 11.1 Å². The van der Waals surface area contributed by atoms with Crippen molar-refractivity contribution in [2.45, 2.75) is 64.7 Å². The van der Waals surface area contributed by atoms with Crippen LogP contribution < -0.4 is 5.10 Å². The first-order valence-electron chi connectivity index (χ1n) is 9.45. The van der Waals surface area contributed by atoms with Crippen LogP contribution in [-0.4, -0.2) is 44.4 Å². The van der Waals surface area contributed by atoms with Gasteiger partial charge in [0.15, 0.2) is 0 Å². The molecule has 0 spiro atoms. The van der Waals surface area contributed by atoms with Crippen LogP contribution in [0.1, 0.15) is 65.0 Å². The van der Waals surface area contributed by atoms with E-state index in [4.69, 9.17) is 0 Å². The molecular formula is C19H35N5Ti. The zero-order chi connectivity index (χ0) is 17.5. The van der Waals surface area contributed by atoms with Gasteiger partial charge in [-0.3, -0.25) is 0 Å². The van der Waals surface area contributed by atoms with Gasteiger partial charge in [-0.25, -0.2) is 0 Å². The summed E-state index contributed by atoms with van der Waals surface area (Å²) in [6, 6.07) is 1.94. The molecule has 3 aliphatic rings. The van der Waals surface area contributed by atoms with E-state index in [0.29, 0.717) is 0 Å². The van der Waals surface area contributed by atoms with Gasteiger partial charge >= 0.3 is 21.7 Å². The van der Waals surface area contributed by atoms with Crippen LogP contribution in [0, 0.1) is 0 Å². The van der Waals surface area contributed by atoms with Crippen LogP contribution >= 0.6 is 0 Å². The van der Waals surface area contributed by atoms with E-state index < -0.39 is 0 Å². The molecule has 0 aliphatic carbocycles. The van der Waals surface area contributed by atoms with Crippen LogP contribution in [0.4, 0.5) is 0 Å². The van der Waals surface area contributed by atoms with Crippen LogP contribution in [0.2, 0.25) is 0 Å². The van der Waals surface area contributed by atoms with Crippen LogP contribution in [0.15, 0.2) is 12.3 Å². The maximum Gasteiger partial charge on any atom is 4.00 e. The summed E-state index contributed by atoms with van der Waals surface area (Å²) in [4.78, 5) is 0. The topological polar surface area (TPSA) is 69.3 Å². The number of hydrogen-bond acceptors (Lipinski definition) is 1. The van der Waals surface area contributed by atoms with E-state index in [1.807, 2.05) is 6.07 Å². The molecule has 4 rings (SSSR count). The van der Waals surface area contributed by atoms with Crippen LogP contribution in [-0.2, 0) is 27.1 Å². The molecule has 0 saturated carbocycles. The molecule has 4 heterocycles. The second-order valence-corrected chi connectivity index (χ2v) is 7.30. The Hall–Kier alpha value is -0.196. The predicted octanol–water partition coefficient (Wildman–Crippen LogP) is 4.80. The van der Waals surface area contributed by atoms with Crippen molar-refractivity contribution in [3.63, 3.8) is 0 Å². The summed E-state index contributed by atoms with van der Waals surface area (Å²) in [7, 11) is 0. The third kappa shape index (κ3) is 14.6. The molecule has 6 heteroatoms. The quantitative estimate of drug-likeness (QED) is 0.606. The van der Waals surface area contributed by atoms with E-state index in [-0.39, 0.29) is 27.1 Å². The molecule has 3 saturated heterocycles. The van der Waals surface area contributed by atoms with Crippen molar-refractivity contribution >= 4 is 0 Å². The van der Waals surface area contributed by atoms with Gasteiger partial charge in [-0.15, -0.1) is 39.3 Å². The van der Waals surface area contributed by atoms with Crippen molar-refractivity contribution in [2.24, 2.45) is 0 Å². The van der Waals surface area contributed by atoms with Crippen molar-refractivity contribution in [1.29, 1.82) is 0 Å². The second-order valence-electron chi connectivity index (χ2n) is 7.30. The second kappa shape index (κ2) is 16.0. The molecule has 0 N–H and O–H groups in total. The predicted molar refractivity (Wildman–Crippen MR) is 103 cm³/mol. The van der Waals surface area contributed by atoms with Crippen LogP contribution in [0.25, 0.3) is 16.0 Å². The molecule has 1 aromatic heterocycles. The summed E-state index contributed by atoms with van der Waals surface area (Å²) in [5.41, 5.74) is 1.21. The molecule has 0 radical (unpaired) electrons. The maximum absolute atomic E-state index is 4.08. The summed E-state index contributed by atoms with van der Waals surface area (Å²) in [6.07, 6.45) is 9.72. The molecule has 0 bridgehead atoms. The van der Waals surface area contributed by atoms with Crippen molar-refractivity contribution in [3.8, 4) is 0 Å². The zero-order valence-electron chi connectivity index (χ0n) is 16.4. The van der Waals surface area contributed by atoms with E-state index in [9.17, 15) is 0 Å². The third-order valence-corrected chi connectivity index (χ3v) is 3.88. The summed E-state index contributed by atoms with van der Waals surface area (Å²) in [5, 5.41) is 19.9. The Morgan fingerprint density at radius 3 is 1.20 bits per heavy atom. The fourth-order valence-electron chi connectivity index (χ4n) is 2.31. The normalized spacial score (nSPS) is 18.7. The molecule has 0 atom stereocenters. The van der Waals surface area contributed by atoms with Gasteiger partial charge in [0.1, 0.15) is 0 Å². The van der Waals surface area contributed by atoms with Gasteiger partial charge in [0.05, 0.1) is 0 Å². The number of nitrogens with zero attached hydrogens (tertiary/aromatic N) is 5. The largest absolute Gasteiger partial charge is 4.00 e. The fraction of sp³-hybridized carbons (Fsp3) is 0.842. The van der Waals surface area contributed by atoms with Gasteiger partial charge < -0.3 is 26.1 Å². The van der Waals surface area contributed by atoms with Gasteiger partial charge in [0.25, 0.3) is 0 Å². The van der Waals surface area contributed by atoms with Crippen molar-refractivity contribution < 1.29 is 21.7 Å². The van der Waals surface area contributed by atoms with E-state index >= 15 is 0 Å². The van der Waals surface area contributed by atoms with Gasteiger partial charge in [-0.2, -0.15) is 6.20 Å². The van der Waals surface area contributed by atoms with Crippen LogP contribution in [0.5, 0.6) is 0 Å². The fourth-order valence-corrected chi connectivity index (χ4v) is 2.31. The first-order chi connectivity index (χ1) is 11.6. The van der Waals surface area contributed by atoms with E-state index in [1.165, 1.54) is 38.5 Å². The molecule has 1 aromatic rings. The molecule has 140 valence electrons. The van der Waals surface area contributed by atoms with Crippen molar-refractivity contribution in [1.82, 2.24) is 10.2 Å². The molecule has 0 amide bonds. The average molecular weight is 381 g/mol. The minimum absolute atomic E-state index is 0. The Morgan fingerprint density at radius 2 is 1.08 bits per heavy atom. The number of rotatable bonds is 0. The Morgan fingerprint density at radius 1 is 0.720 bits per heavy atom. The standard InChI is InChI=1S/C7H11N2.3C4H8N.Ti/c1-7(2,3)6-4-5-8-9-6;3*1-2-4-5-3-1;/h4-5H,1-3H3;3*1-4H2;/q4*-1;+4. The molecule has 0 aromatic carbocycles. The van der Waals surface area contributed by atoms with Gasteiger partial charge in [-0.05, 0) is 0 Å². The van der Waals surface area contributed by atoms with Crippen molar-refractivity contribution in [2.75, 3.05) is 39.3 Å². The molecule has 5 nitrogen and oxygen atoms in total. The third-order valence-electron chi connectivity index (χ3n) is 3.88. The zero-order valence-corrected chi connectivity index (χ0v) is 17.9.